The molecule has 1 aromatic carbocycles. The Bertz CT molecular complexity index is 478. The molecule has 3 rings (SSSR count). The van der Waals surface area contributed by atoms with Crippen LogP contribution in [0.5, 0.6) is 0 Å². The molecular formula is C14H18FN3. The van der Waals surface area contributed by atoms with Crippen molar-refractivity contribution in [2.45, 2.75) is 37.6 Å². The molecule has 0 saturated heterocycles. The SMILES string of the molecule is NC1=NCC2(CCCCC2)N1c1cccc(F)c1. The molecule has 1 aliphatic heterocycles. The number of benzene rings is 1. The molecule has 0 atom stereocenters. The minimum Gasteiger partial charge on any atom is -0.369 e. The Morgan fingerprint density at radius 3 is 2.72 bits per heavy atom. The number of nitrogens with zero attached hydrogens (tertiary/aromatic N) is 2. The van der Waals surface area contributed by atoms with E-state index < -0.39 is 0 Å². The highest BCUT2D eigenvalue weighted by Crippen LogP contribution is 2.39. The highest BCUT2D eigenvalue weighted by molar-refractivity contribution is 5.98. The van der Waals surface area contributed by atoms with Crippen LogP contribution in [0.1, 0.15) is 32.1 Å². The molecule has 0 amide bonds. The highest BCUT2D eigenvalue weighted by atomic mass is 19.1. The maximum Gasteiger partial charge on any atom is 0.196 e. The van der Waals surface area contributed by atoms with Crippen molar-refractivity contribution in [1.29, 1.82) is 0 Å². The fourth-order valence-electron chi connectivity index (χ4n) is 3.23. The van der Waals surface area contributed by atoms with Crippen LogP contribution in [0.2, 0.25) is 0 Å². The highest BCUT2D eigenvalue weighted by Gasteiger charge is 2.43. The predicted octanol–water partition coefficient (Wildman–Crippen LogP) is 2.66. The number of hydrogen-bond acceptors (Lipinski definition) is 3. The minimum absolute atomic E-state index is 0.00384. The molecule has 2 N–H and O–H groups in total. The summed E-state index contributed by atoms with van der Waals surface area (Å²) in [4.78, 5) is 6.45. The third kappa shape index (κ3) is 1.76. The lowest BCUT2D eigenvalue weighted by Gasteiger charge is -2.42. The van der Waals surface area contributed by atoms with Crippen LogP contribution in [0, 0.1) is 5.82 Å². The van der Waals surface area contributed by atoms with Crippen LogP contribution >= 0.6 is 0 Å². The lowest BCUT2D eigenvalue weighted by molar-refractivity contribution is 0.317. The van der Waals surface area contributed by atoms with E-state index in [1.54, 1.807) is 12.1 Å². The van der Waals surface area contributed by atoms with E-state index in [4.69, 9.17) is 5.73 Å². The molecule has 1 fully saturated rings. The van der Waals surface area contributed by atoms with Gasteiger partial charge in [0.2, 0.25) is 0 Å². The zero-order valence-corrected chi connectivity index (χ0v) is 10.4. The first-order valence-electron chi connectivity index (χ1n) is 6.57. The molecule has 1 heterocycles. The van der Waals surface area contributed by atoms with Gasteiger partial charge < -0.3 is 10.6 Å². The number of nitrogens with two attached hydrogens (primary N) is 1. The Morgan fingerprint density at radius 1 is 1.22 bits per heavy atom. The standard InChI is InChI=1S/C14H18FN3/c15-11-5-4-6-12(9-11)18-13(16)17-10-14(18)7-2-1-3-8-14/h4-6,9H,1-3,7-8,10H2,(H2,16,17). The van der Waals surface area contributed by atoms with Crippen molar-refractivity contribution in [2.24, 2.45) is 10.7 Å². The topological polar surface area (TPSA) is 41.6 Å². The molecule has 0 bridgehead atoms. The largest absolute Gasteiger partial charge is 0.369 e. The van der Waals surface area contributed by atoms with E-state index in [0.717, 1.165) is 25.1 Å². The van der Waals surface area contributed by atoms with Gasteiger partial charge in [-0.3, -0.25) is 4.99 Å². The van der Waals surface area contributed by atoms with Crippen LogP contribution in [-0.4, -0.2) is 18.0 Å². The summed E-state index contributed by atoms with van der Waals surface area (Å²) >= 11 is 0. The summed E-state index contributed by atoms with van der Waals surface area (Å²) in [5.41, 5.74) is 6.85. The first-order valence-corrected chi connectivity index (χ1v) is 6.57. The van der Waals surface area contributed by atoms with Gasteiger partial charge in [0.1, 0.15) is 5.82 Å². The average molecular weight is 247 g/mol. The molecule has 96 valence electrons. The van der Waals surface area contributed by atoms with E-state index >= 15 is 0 Å². The minimum atomic E-state index is -0.224. The number of aliphatic imine (C=N–C) groups is 1. The Balaban J connectivity index is 1.98. The second-order valence-electron chi connectivity index (χ2n) is 5.27. The Morgan fingerprint density at radius 2 is 2.00 bits per heavy atom. The Labute approximate surface area is 106 Å². The van der Waals surface area contributed by atoms with E-state index in [1.807, 2.05) is 6.07 Å². The number of halogens is 1. The molecule has 18 heavy (non-hydrogen) atoms. The van der Waals surface area contributed by atoms with E-state index in [9.17, 15) is 4.39 Å². The van der Waals surface area contributed by atoms with Crippen LogP contribution in [0.4, 0.5) is 10.1 Å². The molecule has 1 aromatic rings. The van der Waals surface area contributed by atoms with E-state index in [0.29, 0.717) is 5.96 Å². The van der Waals surface area contributed by atoms with Gasteiger partial charge in [-0.05, 0) is 31.0 Å². The van der Waals surface area contributed by atoms with Crippen molar-refractivity contribution in [1.82, 2.24) is 0 Å². The molecule has 4 heteroatoms. The van der Waals surface area contributed by atoms with Crippen molar-refractivity contribution in [3.63, 3.8) is 0 Å². The third-order valence-electron chi connectivity index (χ3n) is 4.09. The number of hydrogen-bond donors (Lipinski definition) is 1. The van der Waals surface area contributed by atoms with E-state index in [1.165, 1.54) is 25.3 Å². The van der Waals surface area contributed by atoms with Gasteiger partial charge in [-0.2, -0.15) is 0 Å². The van der Waals surface area contributed by atoms with Crippen molar-refractivity contribution < 1.29 is 4.39 Å². The van der Waals surface area contributed by atoms with Gasteiger partial charge in [-0.1, -0.05) is 25.3 Å². The van der Waals surface area contributed by atoms with Crippen molar-refractivity contribution in [3.8, 4) is 0 Å². The fraction of sp³-hybridized carbons (Fsp3) is 0.500. The summed E-state index contributed by atoms with van der Waals surface area (Å²) in [5.74, 6) is 0.306. The summed E-state index contributed by atoms with van der Waals surface area (Å²) in [5, 5.41) is 0. The number of guanidine groups is 1. The molecular weight excluding hydrogens is 229 g/mol. The zero-order valence-electron chi connectivity index (χ0n) is 10.4. The monoisotopic (exact) mass is 247 g/mol. The predicted molar refractivity (Wildman–Crippen MR) is 71.2 cm³/mol. The Hall–Kier alpha value is -1.58. The quantitative estimate of drug-likeness (QED) is 0.829. The first-order chi connectivity index (χ1) is 8.71. The van der Waals surface area contributed by atoms with Gasteiger partial charge in [-0.15, -0.1) is 0 Å². The molecule has 0 unspecified atom stereocenters. The van der Waals surface area contributed by atoms with Crippen molar-refractivity contribution in [2.75, 3.05) is 11.4 Å². The van der Waals surface area contributed by atoms with Gasteiger partial charge in [-0.25, -0.2) is 4.39 Å². The summed E-state index contributed by atoms with van der Waals surface area (Å²) in [6.45, 7) is 0.745. The summed E-state index contributed by atoms with van der Waals surface area (Å²) in [6.07, 6.45) is 5.86. The second kappa shape index (κ2) is 4.26. The van der Waals surface area contributed by atoms with Crippen LogP contribution in [0.3, 0.4) is 0 Å². The fourth-order valence-corrected chi connectivity index (χ4v) is 3.23. The van der Waals surface area contributed by atoms with E-state index in [-0.39, 0.29) is 11.4 Å². The lowest BCUT2D eigenvalue weighted by Crippen LogP contribution is -2.53. The molecule has 0 aromatic heterocycles. The zero-order chi connectivity index (χ0) is 12.6. The second-order valence-corrected chi connectivity index (χ2v) is 5.27. The summed E-state index contributed by atoms with van der Waals surface area (Å²) < 4.78 is 13.4. The third-order valence-corrected chi connectivity index (χ3v) is 4.09. The molecule has 0 radical (unpaired) electrons. The maximum absolute atomic E-state index is 13.4. The normalized spacial score (nSPS) is 22.3. The maximum atomic E-state index is 13.4. The van der Waals surface area contributed by atoms with Crippen LogP contribution in [0.25, 0.3) is 0 Å². The van der Waals surface area contributed by atoms with Crippen LogP contribution in [0.15, 0.2) is 29.3 Å². The van der Waals surface area contributed by atoms with Crippen LogP contribution in [-0.2, 0) is 0 Å². The number of anilines is 1. The average Bonchev–Trinajstić information content (AvgIpc) is 2.67. The summed E-state index contributed by atoms with van der Waals surface area (Å²) in [6, 6.07) is 6.64. The van der Waals surface area contributed by atoms with Crippen molar-refractivity contribution in [3.05, 3.63) is 30.1 Å². The van der Waals surface area contributed by atoms with Gasteiger partial charge >= 0.3 is 0 Å². The summed E-state index contributed by atoms with van der Waals surface area (Å²) in [7, 11) is 0. The van der Waals surface area contributed by atoms with Crippen LogP contribution < -0.4 is 10.6 Å². The first kappa shape index (κ1) is 11.5. The molecule has 1 spiro atoms. The smallest absolute Gasteiger partial charge is 0.196 e. The molecule has 1 aliphatic carbocycles. The van der Waals surface area contributed by atoms with Gasteiger partial charge in [0, 0.05) is 5.69 Å². The van der Waals surface area contributed by atoms with Gasteiger partial charge in [0.15, 0.2) is 5.96 Å². The van der Waals surface area contributed by atoms with Crippen molar-refractivity contribution >= 4 is 11.6 Å². The lowest BCUT2D eigenvalue weighted by atomic mass is 9.80. The molecule has 3 nitrogen and oxygen atoms in total. The molecule has 2 aliphatic rings. The Kier molecular flexibility index (Phi) is 2.73. The van der Waals surface area contributed by atoms with E-state index in [2.05, 4.69) is 9.89 Å². The van der Waals surface area contributed by atoms with Gasteiger partial charge in [0.25, 0.3) is 0 Å². The van der Waals surface area contributed by atoms with Gasteiger partial charge in [0.05, 0.1) is 12.1 Å². The molecule has 1 saturated carbocycles. The number of rotatable bonds is 1.